The van der Waals surface area contributed by atoms with Gasteiger partial charge in [0.25, 0.3) is 0 Å². The van der Waals surface area contributed by atoms with E-state index in [0.29, 0.717) is 17.7 Å². The highest BCUT2D eigenvalue weighted by Gasteiger charge is 2.21. The van der Waals surface area contributed by atoms with Gasteiger partial charge in [-0.05, 0) is 37.1 Å². The predicted molar refractivity (Wildman–Crippen MR) is 117 cm³/mol. The summed E-state index contributed by atoms with van der Waals surface area (Å²) in [5.74, 6) is 0.512. The standard InChI is InChI=1S/C20H27N6O3P/c1-28-30(27,29-2)25-17-11-9-16(10-12-17)23-20-21-13-15-14-22-26(19(15)24-20)18-7-5-3-4-6-8-18/h9-14,18H,3-8H2,1-2H3,(H,25,27)(H,21,23,24). The van der Waals surface area contributed by atoms with Crippen LogP contribution in [0.4, 0.5) is 17.3 Å². The molecule has 0 atom stereocenters. The fraction of sp³-hybridized carbons (Fsp3) is 0.450. The normalized spacial score (nSPS) is 15.8. The zero-order valence-electron chi connectivity index (χ0n) is 17.2. The van der Waals surface area contributed by atoms with Crippen LogP contribution in [0.2, 0.25) is 0 Å². The summed E-state index contributed by atoms with van der Waals surface area (Å²) in [4.78, 5) is 9.13. The van der Waals surface area contributed by atoms with Crippen LogP contribution in [0.5, 0.6) is 0 Å². The van der Waals surface area contributed by atoms with Crippen LogP contribution >= 0.6 is 7.75 Å². The van der Waals surface area contributed by atoms with Crippen LogP contribution in [0.3, 0.4) is 0 Å². The van der Waals surface area contributed by atoms with Gasteiger partial charge in [0.1, 0.15) is 0 Å². The summed E-state index contributed by atoms with van der Waals surface area (Å²) in [6, 6.07) is 7.64. The lowest BCUT2D eigenvalue weighted by atomic mass is 10.1. The van der Waals surface area contributed by atoms with Gasteiger partial charge < -0.3 is 5.32 Å². The molecular weight excluding hydrogens is 403 g/mol. The number of nitrogens with one attached hydrogen (secondary N) is 2. The summed E-state index contributed by atoms with van der Waals surface area (Å²) >= 11 is 0. The Kier molecular flexibility index (Phi) is 6.32. The first-order valence-electron chi connectivity index (χ1n) is 10.2. The van der Waals surface area contributed by atoms with Crippen molar-refractivity contribution in [3.63, 3.8) is 0 Å². The topological polar surface area (TPSA) is 103 Å². The molecule has 1 aromatic carbocycles. The Hall–Kier alpha value is -2.48. The number of hydrogen-bond acceptors (Lipinski definition) is 7. The Bertz CT molecular complexity index is 1020. The van der Waals surface area contributed by atoms with E-state index in [9.17, 15) is 4.57 Å². The van der Waals surface area contributed by atoms with Crippen molar-refractivity contribution >= 4 is 36.1 Å². The molecule has 160 valence electrons. The van der Waals surface area contributed by atoms with Crippen LogP contribution in [0.15, 0.2) is 36.7 Å². The van der Waals surface area contributed by atoms with Gasteiger partial charge in [0.2, 0.25) is 5.95 Å². The molecule has 4 rings (SSSR count). The van der Waals surface area contributed by atoms with Gasteiger partial charge >= 0.3 is 7.75 Å². The Balaban J connectivity index is 1.51. The van der Waals surface area contributed by atoms with Crippen LogP contribution in [-0.2, 0) is 13.6 Å². The molecule has 0 bridgehead atoms. The number of nitrogens with zero attached hydrogens (tertiary/aromatic N) is 4. The third-order valence-electron chi connectivity index (χ3n) is 5.39. The number of anilines is 3. The Morgan fingerprint density at radius 1 is 1.00 bits per heavy atom. The van der Waals surface area contributed by atoms with Gasteiger partial charge in [0.15, 0.2) is 5.65 Å². The summed E-state index contributed by atoms with van der Waals surface area (Å²) in [5, 5.41) is 11.5. The maximum atomic E-state index is 12.2. The second-order valence-electron chi connectivity index (χ2n) is 7.38. The molecule has 1 aliphatic carbocycles. The average Bonchev–Trinajstić information content (AvgIpc) is 3.00. The maximum absolute atomic E-state index is 12.2. The molecule has 1 fully saturated rings. The van der Waals surface area contributed by atoms with E-state index in [1.54, 1.807) is 18.3 Å². The van der Waals surface area contributed by atoms with E-state index in [-0.39, 0.29) is 0 Å². The van der Waals surface area contributed by atoms with Crippen molar-refractivity contribution in [1.82, 2.24) is 19.7 Å². The zero-order valence-corrected chi connectivity index (χ0v) is 18.1. The number of rotatable bonds is 7. The molecule has 0 amide bonds. The molecule has 3 aromatic rings. The minimum Gasteiger partial charge on any atom is -0.324 e. The largest absolute Gasteiger partial charge is 0.432 e. The van der Waals surface area contributed by atoms with Crippen molar-refractivity contribution in [3.05, 3.63) is 36.7 Å². The molecule has 30 heavy (non-hydrogen) atoms. The van der Waals surface area contributed by atoms with Crippen molar-refractivity contribution < 1.29 is 13.6 Å². The van der Waals surface area contributed by atoms with Gasteiger partial charge in [-0.3, -0.25) is 14.1 Å². The predicted octanol–water partition coefficient (Wildman–Crippen LogP) is 5.28. The van der Waals surface area contributed by atoms with Crippen molar-refractivity contribution in [2.75, 3.05) is 24.6 Å². The van der Waals surface area contributed by atoms with E-state index in [4.69, 9.17) is 14.0 Å². The molecular formula is C20H27N6O3P. The first-order chi connectivity index (χ1) is 14.6. The molecule has 0 saturated heterocycles. The monoisotopic (exact) mass is 430 g/mol. The fourth-order valence-corrected chi connectivity index (χ4v) is 4.54. The first-order valence-corrected chi connectivity index (χ1v) is 11.7. The SMILES string of the molecule is COP(=O)(Nc1ccc(Nc2ncc3cnn(C4CCCCCC4)c3n2)cc1)OC. The van der Waals surface area contributed by atoms with Crippen molar-refractivity contribution in [2.45, 2.75) is 44.6 Å². The summed E-state index contributed by atoms with van der Waals surface area (Å²) in [7, 11) is -0.665. The highest BCUT2D eigenvalue weighted by atomic mass is 31.2. The van der Waals surface area contributed by atoms with Gasteiger partial charge in [0.05, 0.1) is 17.6 Å². The lowest BCUT2D eigenvalue weighted by Gasteiger charge is -2.16. The molecule has 9 nitrogen and oxygen atoms in total. The molecule has 1 saturated carbocycles. The Morgan fingerprint density at radius 3 is 2.33 bits per heavy atom. The number of fused-ring (bicyclic) bond motifs is 1. The van der Waals surface area contributed by atoms with Gasteiger partial charge in [-0.15, -0.1) is 0 Å². The zero-order chi connectivity index (χ0) is 21.0. The third kappa shape index (κ3) is 4.64. The average molecular weight is 430 g/mol. The van der Waals surface area contributed by atoms with E-state index in [0.717, 1.165) is 29.6 Å². The molecule has 2 aromatic heterocycles. The summed E-state index contributed by atoms with van der Waals surface area (Å²) < 4.78 is 24.0. The van der Waals surface area contributed by atoms with Crippen molar-refractivity contribution in [3.8, 4) is 0 Å². The van der Waals surface area contributed by atoms with Crippen molar-refractivity contribution in [2.24, 2.45) is 0 Å². The van der Waals surface area contributed by atoms with Gasteiger partial charge in [0, 0.05) is 31.8 Å². The van der Waals surface area contributed by atoms with Gasteiger partial charge in [-0.2, -0.15) is 10.1 Å². The molecule has 0 spiro atoms. The van der Waals surface area contributed by atoms with Crippen LogP contribution in [0, 0.1) is 0 Å². The van der Waals surface area contributed by atoms with Crippen LogP contribution in [-0.4, -0.2) is 34.0 Å². The molecule has 2 N–H and O–H groups in total. The fourth-order valence-electron chi connectivity index (χ4n) is 3.75. The second kappa shape index (κ2) is 9.12. The molecule has 2 heterocycles. The van der Waals surface area contributed by atoms with E-state index in [1.807, 2.05) is 18.3 Å². The molecule has 0 unspecified atom stereocenters. The minimum atomic E-state index is -3.33. The summed E-state index contributed by atoms with van der Waals surface area (Å²) in [5.41, 5.74) is 2.29. The maximum Gasteiger partial charge on any atom is 0.432 e. The summed E-state index contributed by atoms with van der Waals surface area (Å²) in [6.07, 6.45) is 11.0. The lowest BCUT2D eigenvalue weighted by molar-refractivity contribution is 0.281. The number of benzene rings is 1. The van der Waals surface area contributed by atoms with Crippen LogP contribution in [0.1, 0.15) is 44.6 Å². The minimum absolute atomic E-state index is 0.398. The highest BCUT2D eigenvalue weighted by Crippen LogP contribution is 2.46. The van der Waals surface area contributed by atoms with Crippen LogP contribution < -0.4 is 10.4 Å². The molecule has 0 radical (unpaired) electrons. The number of aromatic nitrogens is 4. The highest BCUT2D eigenvalue weighted by molar-refractivity contribution is 7.55. The van der Waals surface area contributed by atoms with Crippen LogP contribution in [0.25, 0.3) is 11.0 Å². The quantitative estimate of drug-likeness (QED) is 0.386. The van der Waals surface area contributed by atoms with E-state index >= 15 is 0 Å². The second-order valence-corrected chi connectivity index (χ2v) is 9.33. The Labute approximate surface area is 175 Å². The van der Waals surface area contributed by atoms with Gasteiger partial charge in [-0.25, -0.2) is 14.2 Å². The van der Waals surface area contributed by atoms with Crippen molar-refractivity contribution in [1.29, 1.82) is 0 Å². The first kappa shape index (κ1) is 20.8. The summed E-state index contributed by atoms with van der Waals surface area (Å²) in [6.45, 7) is 0. The van der Waals surface area contributed by atoms with E-state index in [1.165, 1.54) is 39.9 Å². The van der Waals surface area contributed by atoms with E-state index < -0.39 is 7.75 Å². The molecule has 1 aliphatic rings. The van der Waals surface area contributed by atoms with E-state index in [2.05, 4.69) is 25.2 Å². The van der Waals surface area contributed by atoms with Gasteiger partial charge in [-0.1, -0.05) is 25.7 Å². The molecule has 0 aliphatic heterocycles. The third-order valence-corrected chi connectivity index (χ3v) is 6.89. The molecule has 10 heteroatoms. The lowest BCUT2D eigenvalue weighted by Crippen LogP contribution is -2.11. The Morgan fingerprint density at radius 2 is 1.67 bits per heavy atom. The smallest absolute Gasteiger partial charge is 0.324 e. The number of hydrogen-bond donors (Lipinski definition) is 2.